The highest BCUT2D eigenvalue weighted by Gasteiger charge is 2.28. The minimum absolute atomic E-state index is 0.199. The largest absolute Gasteiger partial charge is 0.397 e. The zero-order valence-corrected chi connectivity index (χ0v) is 14.2. The van der Waals surface area contributed by atoms with Crippen molar-refractivity contribution in [2.24, 2.45) is 0 Å². The molecule has 0 aromatic heterocycles. The molecule has 5 nitrogen and oxygen atoms in total. The molecule has 0 bridgehead atoms. The molecule has 118 valence electrons. The second-order valence-electron chi connectivity index (χ2n) is 5.71. The molecule has 1 unspecified atom stereocenters. The predicted octanol–water partition coefficient (Wildman–Crippen LogP) is 1.95. The third kappa shape index (κ3) is 3.34. The lowest BCUT2D eigenvalue weighted by molar-refractivity contribution is 0.271. The van der Waals surface area contributed by atoms with E-state index < -0.39 is 10.0 Å². The summed E-state index contributed by atoms with van der Waals surface area (Å²) in [7, 11) is 0.0994. The fourth-order valence-electron chi connectivity index (χ4n) is 2.70. The Morgan fingerprint density at radius 2 is 2.14 bits per heavy atom. The van der Waals surface area contributed by atoms with E-state index in [1.807, 2.05) is 7.05 Å². The number of sulfonamides is 1. The van der Waals surface area contributed by atoms with Crippen molar-refractivity contribution in [2.75, 3.05) is 32.9 Å². The van der Waals surface area contributed by atoms with Gasteiger partial charge in [-0.1, -0.05) is 11.6 Å². The molecule has 0 radical (unpaired) electrons. The van der Waals surface area contributed by atoms with Crippen molar-refractivity contribution in [1.29, 1.82) is 0 Å². The summed E-state index contributed by atoms with van der Waals surface area (Å²) < 4.78 is 26.7. The molecular weight excluding hydrogens is 310 g/mol. The number of halogens is 1. The van der Waals surface area contributed by atoms with Crippen molar-refractivity contribution in [3.63, 3.8) is 0 Å². The molecule has 1 aromatic carbocycles. The van der Waals surface area contributed by atoms with Crippen LogP contribution in [0.25, 0.3) is 0 Å². The van der Waals surface area contributed by atoms with Gasteiger partial charge in [0.25, 0.3) is 0 Å². The van der Waals surface area contributed by atoms with Gasteiger partial charge in [0.2, 0.25) is 10.0 Å². The molecule has 0 amide bonds. The topological polar surface area (TPSA) is 66.6 Å². The number of likely N-dealkylation sites (tertiary alicyclic amines) is 1. The zero-order chi connectivity index (χ0) is 15.8. The summed E-state index contributed by atoms with van der Waals surface area (Å²) in [4.78, 5) is 2.40. The van der Waals surface area contributed by atoms with Crippen LogP contribution in [-0.2, 0) is 10.0 Å². The van der Waals surface area contributed by atoms with E-state index in [1.54, 1.807) is 20.0 Å². The molecule has 2 rings (SSSR count). The minimum atomic E-state index is -3.54. The predicted molar refractivity (Wildman–Crippen MR) is 86.1 cm³/mol. The highest BCUT2D eigenvalue weighted by Crippen LogP contribution is 2.28. The number of anilines is 1. The van der Waals surface area contributed by atoms with E-state index in [9.17, 15) is 8.42 Å². The number of benzene rings is 1. The van der Waals surface area contributed by atoms with Gasteiger partial charge in [-0.3, -0.25) is 0 Å². The maximum Gasteiger partial charge on any atom is 0.242 e. The van der Waals surface area contributed by atoms with Crippen molar-refractivity contribution in [3.05, 3.63) is 22.7 Å². The van der Waals surface area contributed by atoms with E-state index in [-0.39, 0.29) is 10.9 Å². The maximum absolute atomic E-state index is 12.7. The molecule has 2 N–H and O–H groups in total. The van der Waals surface area contributed by atoms with Gasteiger partial charge in [-0.05, 0) is 51.1 Å². The van der Waals surface area contributed by atoms with Gasteiger partial charge < -0.3 is 10.6 Å². The van der Waals surface area contributed by atoms with Crippen LogP contribution in [0.15, 0.2) is 17.0 Å². The number of nitrogen functional groups attached to an aromatic ring is 1. The summed E-state index contributed by atoms with van der Waals surface area (Å²) in [5.41, 5.74) is 6.74. The van der Waals surface area contributed by atoms with Crippen molar-refractivity contribution >= 4 is 27.3 Å². The first-order valence-electron chi connectivity index (χ1n) is 6.95. The molecule has 1 saturated heterocycles. The number of hydrogen-bond acceptors (Lipinski definition) is 4. The van der Waals surface area contributed by atoms with Gasteiger partial charge >= 0.3 is 0 Å². The van der Waals surface area contributed by atoms with Crippen LogP contribution in [0.4, 0.5) is 5.69 Å². The highest BCUT2D eigenvalue weighted by atomic mass is 35.5. The van der Waals surface area contributed by atoms with Crippen molar-refractivity contribution in [2.45, 2.75) is 30.7 Å². The zero-order valence-electron chi connectivity index (χ0n) is 12.6. The first-order chi connectivity index (χ1) is 9.73. The summed E-state index contributed by atoms with van der Waals surface area (Å²) >= 11 is 6.00. The SMILES string of the molecule is Cc1cc(S(=O)(=O)N(C)CC2CCCN2C)cc(N)c1Cl. The van der Waals surface area contributed by atoms with E-state index in [4.69, 9.17) is 17.3 Å². The van der Waals surface area contributed by atoms with E-state index in [2.05, 4.69) is 4.90 Å². The quantitative estimate of drug-likeness (QED) is 0.856. The first kappa shape index (κ1) is 16.5. The Hall–Kier alpha value is -0.820. The number of aryl methyl sites for hydroxylation is 1. The van der Waals surface area contributed by atoms with Gasteiger partial charge in [0.15, 0.2) is 0 Å². The Kier molecular flexibility index (Phi) is 4.82. The molecule has 1 heterocycles. The third-order valence-corrected chi connectivity index (χ3v) is 6.42. The lowest BCUT2D eigenvalue weighted by Gasteiger charge is -2.25. The summed E-state index contributed by atoms with van der Waals surface area (Å²) in [5, 5.41) is 0.409. The third-order valence-electron chi connectivity index (χ3n) is 4.10. The lowest BCUT2D eigenvalue weighted by Crippen LogP contribution is -2.39. The van der Waals surface area contributed by atoms with Crippen LogP contribution in [0.1, 0.15) is 18.4 Å². The Balaban J connectivity index is 2.25. The second-order valence-corrected chi connectivity index (χ2v) is 8.13. The molecule has 0 saturated carbocycles. The average molecular weight is 332 g/mol. The fraction of sp³-hybridized carbons (Fsp3) is 0.571. The van der Waals surface area contributed by atoms with Crippen molar-refractivity contribution < 1.29 is 8.42 Å². The summed E-state index contributed by atoms with van der Waals surface area (Å²) in [6.07, 6.45) is 2.14. The number of likely N-dealkylation sites (N-methyl/N-ethyl adjacent to an activating group) is 2. The molecule has 1 aromatic rings. The first-order valence-corrected chi connectivity index (χ1v) is 8.77. The van der Waals surface area contributed by atoms with Crippen LogP contribution in [0.5, 0.6) is 0 Å². The number of rotatable bonds is 4. The summed E-state index contributed by atoms with van der Waals surface area (Å²) in [6, 6.07) is 3.28. The van der Waals surface area contributed by atoms with Gasteiger partial charge in [0, 0.05) is 19.6 Å². The monoisotopic (exact) mass is 331 g/mol. The van der Waals surface area contributed by atoms with Crippen LogP contribution >= 0.6 is 11.6 Å². The van der Waals surface area contributed by atoms with Crippen molar-refractivity contribution in [3.8, 4) is 0 Å². The van der Waals surface area contributed by atoms with Crippen LogP contribution in [0, 0.1) is 6.92 Å². The van der Waals surface area contributed by atoms with Gasteiger partial charge in [-0.25, -0.2) is 8.42 Å². The Morgan fingerprint density at radius 3 is 2.67 bits per heavy atom. The van der Waals surface area contributed by atoms with E-state index >= 15 is 0 Å². The van der Waals surface area contributed by atoms with Gasteiger partial charge in [-0.15, -0.1) is 0 Å². The average Bonchev–Trinajstić information content (AvgIpc) is 2.80. The normalized spacial score (nSPS) is 20.3. The Morgan fingerprint density at radius 1 is 1.48 bits per heavy atom. The summed E-state index contributed by atoms with van der Waals surface area (Å²) in [6.45, 7) is 3.26. The molecular formula is C14H22ClN3O2S. The Bertz CT molecular complexity index is 610. The minimum Gasteiger partial charge on any atom is -0.397 e. The second kappa shape index (κ2) is 6.12. The smallest absolute Gasteiger partial charge is 0.242 e. The van der Waals surface area contributed by atoms with E-state index in [1.165, 1.54) is 10.4 Å². The molecule has 0 spiro atoms. The number of hydrogen-bond donors (Lipinski definition) is 1. The molecule has 21 heavy (non-hydrogen) atoms. The van der Waals surface area contributed by atoms with Crippen LogP contribution < -0.4 is 5.73 Å². The lowest BCUT2D eigenvalue weighted by atomic mass is 10.2. The maximum atomic E-state index is 12.7. The highest BCUT2D eigenvalue weighted by molar-refractivity contribution is 7.89. The van der Waals surface area contributed by atoms with Gasteiger partial charge in [0.1, 0.15) is 0 Å². The van der Waals surface area contributed by atoms with Gasteiger partial charge in [0.05, 0.1) is 15.6 Å². The fourth-order valence-corrected chi connectivity index (χ4v) is 4.14. The molecule has 7 heteroatoms. The molecule has 1 fully saturated rings. The standard InChI is InChI=1S/C14H22ClN3O2S/c1-10-7-12(8-13(16)14(10)15)21(19,20)18(3)9-11-5-4-6-17(11)2/h7-8,11H,4-6,9,16H2,1-3H3. The molecule has 1 aliphatic rings. The summed E-state index contributed by atoms with van der Waals surface area (Å²) in [5.74, 6) is 0. The van der Waals surface area contributed by atoms with Crippen LogP contribution in [0.2, 0.25) is 5.02 Å². The van der Waals surface area contributed by atoms with Crippen molar-refractivity contribution in [1.82, 2.24) is 9.21 Å². The molecule has 1 aliphatic heterocycles. The van der Waals surface area contributed by atoms with Crippen LogP contribution in [-0.4, -0.2) is 50.8 Å². The number of nitrogens with two attached hydrogens (primary N) is 1. The number of nitrogens with zero attached hydrogens (tertiary/aromatic N) is 2. The molecule has 1 atom stereocenters. The van der Waals surface area contributed by atoms with Gasteiger partial charge in [-0.2, -0.15) is 4.31 Å². The van der Waals surface area contributed by atoms with E-state index in [0.29, 0.717) is 22.8 Å². The van der Waals surface area contributed by atoms with E-state index in [0.717, 1.165) is 19.4 Å². The van der Waals surface area contributed by atoms with Crippen LogP contribution in [0.3, 0.4) is 0 Å². The molecule has 0 aliphatic carbocycles. The Labute approximate surface area is 131 Å².